The van der Waals surface area contributed by atoms with E-state index in [4.69, 9.17) is 0 Å². The predicted molar refractivity (Wildman–Crippen MR) is 111 cm³/mol. The molecule has 0 spiro atoms. The van der Waals surface area contributed by atoms with E-state index in [-0.39, 0.29) is 22.6 Å². The summed E-state index contributed by atoms with van der Waals surface area (Å²) < 4.78 is 67.6. The summed E-state index contributed by atoms with van der Waals surface area (Å²) in [4.78, 5) is 15.1. The third-order valence-corrected chi connectivity index (χ3v) is 4.70. The van der Waals surface area contributed by atoms with Gasteiger partial charge in [0.2, 0.25) is 5.88 Å². The van der Waals surface area contributed by atoms with E-state index in [1.165, 1.54) is 36.5 Å². The number of halogens is 3. The van der Waals surface area contributed by atoms with Crippen LogP contribution in [0.5, 0.6) is 11.6 Å². The van der Waals surface area contributed by atoms with E-state index in [2.05, 4.69) is 21.0 Å². The van der Waals surface area contributed by atoms with Gasteiger partial charge in [-0.25, -0.2) is 9.78 Å². The quantitative estimate of drug-likeness (QED) is 0.433. The average Bonchev–Trinajstić information content (AvgIpc) is 2.71. The third-order valence-electron chi connectivity index (χ3n) is 4.20. The lowest BCUT2D eigenvalue weighted by atomic mass is 9.98. The highest BCUT2D eigenvalue weighted by atomic mass is 32.2. The van der Waals surface area contributed by atoms with Crippen molar-refractivity contribution in [1.29, 1.82) is 0 Å². The molecule has 3 rings (SSSR count). The molecule has 0 bridgehead atoms. The van der Waals surface area contributed by atoms with Crippen molar-refractivity contribution in [2.45, 2.75) is 6.18 Å². The van der Waals surface area contributed by atoms with Crippen LogP contribution in [0.15, 0.2) is 54.7 Å². The Morgan fingerprint density at radius 1 is 1.03 bits per heavy atom. The number of carboxylic acids is 1. The minimum absolute atomic E-state index is 0.0816. The fraction of sp³-hybridized carbons (Fsp3) is 0.0909. The molecule has 0 fully saturated rings. The van der Waals surface area contributed by atoms with Crippen LogP contribution >= 0.6 is 0 Å². The number of hydrogen-bond acceptors (Lipinski definition) is 6. The van der Waals surface area contributed by atoms with Gasteiger partial charge in [-0.05, 0) is 48.0 Å². The molecule has 2 aromatic carbocycles. The standard InChI is InChI=1S/C22H14F3NO6S/c1-33(30,31)32-17-8-6-14(19(11-17)22(23,24)25)4-2-13-3-5-15(21(28)29)10-18(13)16-7-9-20(27)26-12-16/h3,5-12H,1H3,(H,26,27)(H,28,29). The van der Waals surface area contributed by atoms with Crippen LogP contribution in [0.25, 0.3) is 11.1 Å². The minimum Gasteiger partial charge on any atom is -0.493 e. The Morgan fingerprint density at radius 3 is 2.27 bits per heavy atom. The van der Waals surface area contributed by atoms with Crippen molar-refractivity contribution in [1.82, 2.24) is 4.98 Å². The first-order chi connectivity index (χ1) is 15.3. The average molecular weight is 477 g/mol. The topological polar surface area (TPSA) is 114 Å². The zero-order valence-electron chi connectivity index (χ0n) is 16.7. The molecule has 0 aliphatic carbocycles. The normalized spacial score (nSPS) is 11.4. The first-order valence-corrected chi connectivity index (χ1v) is 10.8. The van der Waals surface area contributed by atoms with Gasteiger partial charge >= 0.3 is 22.3 Å². The molecule has 0 radical (unpaired) electrons. The first kappa shape index (κ1) is 23.6. The molecule has 1 heterocycles. The molecule has 0 atom stereocenters. The number of nitrogens with zero attached hydrogens (tertiary/aromatic N) is 1. The van der Waals surface area contributed by atoms with Crippen LogP contribution in [-0.4, -0.2) is 35.8 Å². The highest BCUT2D eigenvalue weighted by molar-refractivity contribution is 7.86. The molecule has 170 valence electrons. The van der Waals surface area contributed by atoms with Crippen LogP contribution < -0.4 is 4.18 Å². The van der Waals surface area contributed by atoms with E-state index < -0.39 is 39.1 Å². The highest BCUT2D eigenvalue weighted by Crippen LogP contribution is 2.34. The van der Waals surface area contributed by atoms with Gasteiger partial charge in [-0.1, -0.05) is 11.8 Å². The van der Waals surface area contributed by atoms with Gasteiger partial charge in [-0.3, -0.25) is 0 Å². The van der Waals surface area contributed by atoms with E-state index in [1.54, 1.807) is 0 Å². The van der Waals surface area contributed by atoms with Crippen LogP contribution in [0.3, 0.4) is 0 Å². The fourth-order valence-electron chi connectivity index (χ4n) is 2.80. The number of aromatic hydroxyl groups is 1. The molecule has 0 saturated heterocycles. The Labute approximate surface area is 186 Å². The van der Waals surface area contributed by atoms with E-state index in [1.807, 2.05) is 0 Å². The molecular weight excluding hydrogens is 463 g/mol. The summed E-state index contributed by atoms with van der Waals surface area (Å²) in [6.07, 6.45) is -2.88. The zero-order chi connectivity index (χ0) is 24.4. The lowest BCUT2D eigenvalue weighted by Gasteiger charge is -2.11. The van der Waals surface area contributed by atoms with E-state index in [9.17, 15) is 36.6 Å². The zero-order valence-corrected chi connectivity index (χ0v) is 17.5. The number of carbonyl (C=O) groups is 1. The number of pyridine rings is 1. The Hall–Kier alpha value is -4.04. The number of aromatic carboxylic acids is 1. The molecule has 2 N–H and O–H groups in total. The van der Waals surface area contributed by atoms with Gasteiger partial charge in [0.15, 0.2) is 0 Å². The van der Waals surface area contributed by atoms with E-state index >= 15 is 0 Å². The summed E-state index contributed by atoms with van der Waals surface area (Å²) in [5.41, 5.74) is -0.862. The van der Waals surface area contributed by atoms with E-state index in [0.29, 0.717) is 17.9 Å². The minimum atomic E-state index is -4.85. The molecule has 0 unspecified atom stereocenters. The number of aromatic nitrogens is 1. The van der Waals surface area contributed by atoms with Gasteiger partial charge in [-0.15, -0.1) is 0 Å². The van der Waals surface area contributed by atoms with Crippen molar-refractivity contribution < 1.29 is 40.8 Å². The summed E-state index contributed by atoms with van der Waals surface area (Å²) in [6.45, 7) is 0. The van der Waals surface area contributed by atoms with Gasteiger partial charge < -0.3 is 14.4 Å². The molecule has 0 saturated carbocycles. The van der Waals surface area contributed by atoms with Crippen LogP contribution in [0.2, 0.25) is 0 Å². The summed E-state index contributed by atoms with van der Waals surface area (Å²) in [6, 6.07) is 9.14. The number of alkyl halides is 3. The Balaban J connectivity index is 2.13. The maximum atomic E-state index is 13.5. The van der Waals surface area contributed by atoms with Crippen molar-refractivity contribution in [3.05, 3.63) is 77.0 Å². The first-order valence-electron chi connectivity index (χ1n) is 8.99. The maximum Gasteiger partial charge on any atom is 0.417 e. The molecule has 0 aliphatic rings. The second-order valence-electron chi connectivity index (χ2n) is 6.71. The van der Waals surface area contributed by atoms with Crippen molar-refractivity contribution in [3.8, 4) is 34.6 Å². The third kappa shape index (κ3) is 6.02. The maximum absolute atomic E-state index is 13.5. The summed E-state index contributed by atoms with van der Waals surface area (Å²) in [5.74, 6) is 2.99. The Bertz CT molecular complexity index is 1390. The van der Waals surface area contributed by atoms with Crippen molar-refractivity contribution >= 4 is 16.1 Å². The Kier molecular flexibility index (Phi) is 6.32. The second kappa shape index (κ2) is 8.84. The predicted octanol–water partition coefficient (Wildman–Crippen LogP) is 3.91. The molecule has 1 aromatic heterocycles. The molecular formula is C22H14F3NO6S. The van der Waals surface area contributed by atoms with Gasteiger partial charge in [-0.2, -0.15) is 21.6 Å². The van der Waals surface area contributed by atoms with Crippen molar-refractivity contribution in [2.24, 2.45) is 0 Å². The number of carboxylic acid groups (broad SMARTS) is 1. The van der Waals surface area contributed by atoms with Crippen molar-refractivity contribution in [2.75, 3.05) is 6.26 Å². The molecule has 0 amide bonds. The Morgan fingerprint density at radius 2 is 1.70 bits per heavy atom. The molecule has 3 aromatic rings. The van der Waals surface area contributed by atoms with Gasteiger partial charge in [0.05, 0.1) is 17.4 Å². The highest BCUT2D eigenvalue weighted by Gasteiger charge is 2.34. The van der Waals surface area contributed by atoms with E-state index in [0.717, 1.165) is 12.1 Å². The molecule has 33 heavy (non-hydrogen) atoms. The monoisotopic (exact) mass is 477 g/mol. The summed E-state index contributed by atoms with van der Waals surface area (Å²) in [7, 11) is -4.03. The summed E-state index contributed by atoms with van der Waals surface area (Å²) in [5, 5.41) is 18.6. The smallest absolute Gasteiger partial charge is 0.417 e. The summed E-state index contributed by atoms with van der Waals surface area (Å²) >= 11 is 0. The second-order valence-corrected chi connectivity index (χ2v) is 8.29. The molecule has 11 heteroatoms. The molecule has 0 aliphatic heterocycles. The largest absolute Gasteiger partial charge is 0.493 e. The van der Waals surface area contributed by atoms with Crippen LogP contribution in [0.1, 0.15) is 27.0 Å². The molecule has 7 nitrogen and oxygen atoms in total. The lowest BCUT2D eigenvalue weighted by molar-refractivity contribution is -0.137. The van der Waals surface area contributed by atoms with Gasteiger partial charge in [0, 0.05) is 29.0 Å². The van der Waals surface area contributed by atoms with Crippen LogP contribution in [0, 0.1) is 11.8 Å². The number of hydrogen-bond donors (Lipinski definition) is 2. The van der Waals surface area contributed by atoms with Gasteiger partial charge in [0.1, 0.15) is 5.75 Å². The van der Waals surface area contributed by atoms with Crippen LogP contribution in [-0.2, 0) is 16.3 Å². The van der Waals surface area contributed by atoms with Crippen molar-refractivity contribution in [3.63, 3.8) is 0 Å². The van der Waals surface area contributed by atoms with Crippen LogP contribution in [0.4, 0.5) is 13.2 Å². The SMILES string of the molecule is CS(=O)(=O)Oc1ccc(C#Cc2ccc(C(=O)O)cc2-c2ccc(O)nc2)c(C(F)(F)F)c1. The number of rotatable bonds is 4. The number of benzene rings is 2. The lowest BCUT2D eigenvalue weighted by Crippen LogP contribution is -2.10. The fourth-order valence-corrected chi connectivity index (χ4v) is 3.25. The van der Waals surface area contributed by atoms with Gasteiger partial charge in [0.25, 0.3) is 0 Å².